The number of hydrogen-bond acceptors (Lipinski definition) is 6. The summed E-state index contributed by atoms with van der Waals surface area (Å²) in [6.45, 7) is 6.80. The summed E-state index contributed by atoms with van der Waals surface area (Å²) >= 11 is 0. The van der Waals surface area contributed by atoms with Gasteiger partial charge in [-0.2, -0.15) is 0 Å². The summed E-state index contributed by atoms with van der Waals surface area (Å²) in [7, 11) is 1.64. The lowest BCUT2D eigenvalue weighted by molar-refractivity contribution is 0.0175. The molecule has 1 rings (SSSR count). The second-order valence-electron chi connectivity index (χ2n) is 4.59. The Balaban J connectivity index is 2.21. The van der Waals surface area contributed by atoms with Crippen LogP contribution in [0.1, 0.15) is 16.8 Å². The molecule has 6 nitrogen and oxygen atoms in total. The van der Waals surface area contributed by atoms with Crippen molar-refractivity contribution in [1.82, 2.24) is 4.98 Å². The van der Waals surface area contributed by atoms with E-state index in [9.17, 15) is 5.11 Å². The molecule has 0 saturated heterocycles. The zero-order chi connectivity index (χ0) is 15.5. The highest BCUT2D eigenvalue weighted by Gasteiger charge is 2.09. The largest absolute Gasteiger partial charge is 0.475 e. The van der Waals surface area contributed by atoms with Crippen LogP contribution in [-0.4, -0.2) is 56.8 Å². The lowest BCUT2D eigenvalue weighted by Crippen LogP contribution is -2.13. The highest BCUT2D eigenvalue weighted by atomic mass is 16.6. The summed E-state index contributed by atoms with van der Waals surface area (Å²) < 4.78 is 21.1. The van der Waals surface area contributed by atoms with E-state index in [1.807, 2.05) is 19.9 Å². The van der Waals surface area contributed by atoms with Crippen molar-refractivity contribution < 1.29 is 24.1 Å². The molecule has 0 spiro atoms. The summed E-state index contributed by atoms with van der Waals surface area (Å²) in [6, 6.07) is 1.92. The topological polar surface area (TPSA) is 70.0 Å². The van der Waals surface area contributed by atoms with Gasteiger partial charge < -0.3 is 24.1 Å². The highest BCUT2D eigenvalue weighted by Crippen LogP contribution is 2.20. The van der Waals surface area contributed by atoms with Crippen molar-refractivity contribution in [3.63, 3.8) is 0 Å². The Morgan fingerprint density at radius 1 is 1.00 bits per heavy atom. The maximum atomic E-state index is 9.36. The first-order chi connectivity index (χ1) is 10.2. The Hall–Kier alpha value is -1.21. The van der Waals surface area contributed by atoms with Gasteiger partial charge in [-0.05, 0) is 25.5 Å². The van der Waals surface area contributed by atoms with Gasteiger partial charge in [0.2, 0.25) is 5.88 Å². The van der Waals surface area contributed by atoms with Gasteiger partial charge in [0.15, 0.2) is 0 Å². The standard InChI is InChI=1S/C15H25NO5/c1-12-10-13(2)16-15(14(12)11-17)21-9-8-20-7-6-19-5-4-18-3/h10,17H,4-9,11H2,1-3H3. The maximum Gasteiger partial charge on any atom is 0.219 e. The third-order valence-corrected chi connectivity index (χ3v) is 2.87. The molecule has 0 atom stereocenters. The van der Waals surface area contributed by atoms with Gasteiger partial charge in [0.05, 0.1) is 39.6 Å². The SMILES string of the molecule is COCCOCCOCCOc1nc(C)cc(C)c1CO. The van der Waals surface area contributed by atoms with Crippen LogP contribution in [0.2, 0.25) is 0 Å². The molecule has 0 bridgehead atoms. The molecule has 0 aromatic carbocycles. The monoisotopic (exact) mass is 299 g/mol. The van der Waals surface area contributed by atoms with Gasteiger partial charge in [-0.25, -0.2) is 4.98 Å². The zero-order valence-corrected chi connectivity index (χ0v) is 13.1. The molecule has 0 aliphatic heterocycles. The molecule has 0 fully saturated rings. The van der Waals surface area contributed by atoms with E-state index in [2.05, 4.69) is 4.98 Å². The fourth-order valence-corrected chi connectivity index (χ4v) is 1.80. The van der Waals surface area contributed by atoms with Crippen molar-refractivity contribution in [2.75, 3.05) is 46.8 Å². The van der Waals surface area contributed by atoms with Crippen LogP contribution < -0.4 is 4.74 Å². The number of nitrogens with zero attached hydrogens (tertiary/aromatic N) is 1. The number of rotatable bonds is 11. The molecule has 0 amide bonds. The van der Waals surface area contributed by atoms with Crippen molar-refractivity contribution in [2.24, 2.45) is 0 Å². The van der Waals surface area contributed by atoms with Crippen LogP contribution in [0.25, 0.3) is 0 Å². The normalized spacial score (nSPS) is 10.9. The Bertz CT molecular complexity index is 411. The molecular weight excluding hydrogens is 274 g/mol. The molecule has 1 N–H and O–H groups in total. The van der Waals surface area contributed by atoms with Gasteiger partial charge in [0.25, 0.3) is 0 Å². The van der Waals surface area contributed by atoms with Crippen LogP contribution >= 0.6 is 0 Å². The molecule has 0 radical (unpaired) electrons. The number of aliphatic hydroxyl groups excluding tert-OH is 1. The van der Waals surface area contributed by atoms with Gasteiger partial charge >= 0.3 is 0 Å². The summed E-state index contributed by atoms with van der Waals surface area (Å²) in [5.41, 5.74) is 2.57. The molecule has 0 unspecified atom stereocenters. The van der Waals surface area contributed by atoms with E-state index in [0.29, 0.717) is 45.5 Å². The number of pyridine rings is 1. The van der Waals surface area contributed by atoms with E-state index >= 15 is 0 Å². The minimum Gasteiger partial charge on any atom is -0.475 e. The van der Waals surface area contributed by atoms with Gasteiger partial charge in [-0.15, -0.1) is 0 Å². The molecule has 120 valence electrons. The Morgan fingerprint density at radius 3 is 2.24 bits per heavy atom. The second-order valence-corrected chi connectivity index (χ2v) is 4.59. The first-order valence-corrected chi connectivity index (χ1v) is 7.04. The van der Waals surface area contributed by atoms with Crippen molar-refractivity contribution in [2.45, 2.75) is 20.5 Å². The fraction of sp³-hybridized carbons (Fsp3) is 0.667. The number of aliphatic hydroxyl groups is 1. The van der Waals surface area contributed by atoms with Crippen LogP contribution in [0, 0.1) is 13.8 Å². The molecule has 0 aliphatic carbocycles. The van der Waals surface area contributed by atoms with Crippen molar-refractivity contribution >= 4 is 0 Å². The van der Waals surface area contributed by atoms with E-state index in [1.165, 1.54) is 0 Å². The quantitative estimate of drug-likeness (QED) is 0.620. The average molecular weight is 299 g/mol. The lowest BCUT2D eigenvalue weighted by atomic mass is 10.1. The van der Waals surface area contributed by atoms with Gasteiger partial charge in [0, 0.05) is 18.4 Å². The van der Waals surface area contributed by atoms with E-state index in [4.69, 9.17) is 18.9 Å². The molecule has 6 heteroatoms. The van der Waals surface area contributed by atoms with Crippen LogP contribution in [0.3, 0.4) is 0 Å². The van der Waals surface area contributed by atoms with Gasteiger partial charge in [-0.1, -0.05) is 0 Å². The number of aromatic nitrogens is 1. The van der Waals surface area contributed by atoms with Crippen LogP contribution in [0.15, 0.2) is 6.07 Å². The predicted molar refractivity (Wildman–Crippen MR) is 78.6 cm³/mol. The number of aryl methyl sites for hydroxylation is 2. The van der Waals surface area contributed by atoms with Crippen molar-refractivity contribution in [1.29, 1.82) is 0 Å². The fourth-order valence-electron chi connectivity index (χ4n) is 1.80. The minimum absolute atomic E-state index is 0.0807. The van der Waals surface area contributed by atoms with Gasteiger partial charge in [0.1, 0.15) is 6.61 Å². The van der Waals surface area contributed by atoms with Crippen LogP contribution in [-0.2, 0) is 20.8 Å². The molecule has 1 aromatic heterocycles. The summed E-state index contributed by atoms with van der Waals surface area (Å²) in [5, 5.41) is 9.36. The number of methoxy groups -OCH3 is 1. The summed E-state index contributed by atoms with van der Waals surface area (Å²) in [6.07, 6.45) is 0. The van der Waals surface area contributed by atoms with Gasteiger partial charge in [-0.3, -0.25) is 0 Å². The average Bonchev–Trinajstić information content (AvgIpc) is 2.45. The summed E-state index contributed by atoms with van der Waals surface area (Å²) in [4.78, 5) is 4.30. The Morgan fingerprint density at radius 2 is 1.62 bits per heavy atom. The predicted octanol–water partition coefficient (Wildman–Crippen LogP) is 1.25. The zero-order valence-electron chi connectivity index (χ0n) is 13.1. The Kier molecular flexibility index (Phi) is 8.93. The first-order valence-electron chi connectivity index (χ1n) is 7.04. The van der Waals surface area contributed by atoms with E-state index in [-0.39, 0.29) is 6.61 Å². The third kappa shape index (κ3) is 6.86. The molecule has 1 aromatic rings. The minimum atomic E-state index is -0.0807. The van der Waals surface area contributed by atoms with E-state index in [1.54, 1.807) is 7.11 Å². The van der Waals surface area contributed by atoms with E-state index in [0.717, 1.165) is 16.8 Å². The van der Waals surface area contributed by atoms with Crippen LogP contribution in [0.4, 0.5) is 0 Å². The third-order valence-electron chi connectivity index (χ3n) is 2.87. The molecule has 0 aliphatic rings. The lowest BCUT2D eigenvalue weighted by Gasteiger charge is -2.12. The molecule has 21 heavy (non-hydrogen) atoms. The second kappa shape index (κ2) is 10.5. The highest BCUT2D eigenvalue weighted by molar-refractivity contribution is 5.35. The van der Waals surface area contributed by atoms with Crippen molar-refractivity contribution in [3.8, 4) is 5.88 Å². The first kappa shape index (κ1) is 17.8. The van der Waals surface area contributed by atoms with E-state index < -0.39 is 0 Å². The smallest absolute Gasteiger partial charge is 0.219 e. The number of hydrogen-bond donors (Lipinski definition) is 1. The summed E-state index contributed by atoms with van der Waals surface area (Å²) in [5.74, 6) is 0.481. The van der Waals surface area contributed by atoms with Crippen molar-refractivity contribution in [3.05, 3.63) is 22.9 Å². The van der Waals surface area contributed by atoms with Crippen LogP contribution in [0.5, 0.6) is 5.88 Å². The molecular formula is C15H25NO5. The maximum absolute atomic E-state index is 9.36. The molecule has 0 saturated carbocycles. The Labute approximate surface area is 126 Å². The molecule has 1 heterocycles. The number of ether oxygens (including phenoxy) is 4.